The third kappa shape index (κ3) is 6.48. The Balaban J connectivity index is 0.000000182. The Labute approximate surface area is 208 Å². The third-order valence-corrected chi connectivity index (χ3v) is 5.17. The molecule has 174 valence electrons. The fourth-order valence-corrected chi connectivity index (χ4v) is 3.57. The Hall–Kier alpha value is -5.10. The number of hydrogen-bond donors (Lipinski definition) is 2. The highest BCUT2D eigenvalue weighted by Gasteiger charge is 2.02. The van der Waals surface area contributed by atoms with Gasteiger partial charge in [0.1, 0.15) is 0 Å². The SMILES string of the molecule is C1=Cc2cc3ccc(cc4ccc(cc5nc(cc1n2)C=C5)[nH]4)[nH]3.c1ccncc1.c1ccncc1. The van der Waals surface area contributed by atoms with Crippen molar-refractivity contribution in [3.8, 4) is 0 Å². The summed E-state index contributed by atoms with van der Waals surface area (Å²) in [5, 5.41) is 0. The lowest BCUT2D eigenvalue weighted by Gasteiger charge is -1.86. The van der Waals surface area contributed by atoms with E-state index >= 15 is 0 Å². The summed E-state index contributed by atoms with van der Waals surface area (Å²) in [6.45, 7) is 0. The number of pyridine rings is 2. The Morgan fingerprint density at radius 3 is 1.08 bits per heavy atom. The molecule has 0 fully saturated rings. The van der Waals surface area contributed by atoms with Gasteiger partial charge in [0.2, 0.25) is 0 Å². The standard InChI is InChI=1S/C20H14N4.2C5H5N/c1-2-14-10-16-5-6-18(23-16)12-20-8-7-19(24-20)11-17-4-3-15(22-17)9-13(1)21-14;2*1-2-4-6-5-3-1/h1-12,21-22H;2*1-5H. The molecule has 5 aromatic rings. The summed E-state index contributed by atoms with van der Waals surface area (Å²) in [6.07, 6.45) is 15.0. The predicted octanol–water partition coefficient (Wildman–Crippen LogP) is 6.82. The lowest BCUT2D eigenvalue weighted by atomic mass is 10.3. The van der Waals surface area contributed by atoms with E-state index in [4.69, 9.17) is 0 Å². The number of fused-ring (bicyclic) bond motifs is 8. The van der Waals surface area contributed by atoms with Crippen LogP contribution in [0.4, 0.5) is 0 Å². The third-order valence-electron chi connectivity index (χ3n) is 5.17. The summed E-state index contributed by atoms with van der Waals surface area (Å²) in [5.74, 6) is 0. The van der Waals surface area contributed by atoms with E-state index < -0.39 is 0 Å². The largest absolute Gasteiger partial charge is 0.355 e. The topological polar surface area (TPSA) is 83.1 Å². The number of aromatic amines is 2. The number of hydrogen-bond acceptors (Lipinski definition) is 4. The van der Waals surface area contributed by atoms with Gasteiger partial charge in [-0.2, -0.15) is 0 Å². The smallest absolute Gasteiger partial charge is 0.0659 e. The van der Waals surface area contributed by atoms with E-state index in [1.54, 1.807) is 24.8 Å². The summed E-state index contributed by atoms with van der Waals surface area (Å²) >= 11 is 0. The lowest BCUT2D eigenvalue weighted by molar-refractivity contribution is 1.28. The van der Waals surface area contributed by atoms with E-state index in [-0.39, 0.29) is 0 Å². The molecule has 6 heteroatoms. The van der Waals surface area contributed by atoms with Crippen molar-refractivity contribution in [3.05, 3.63) is 132 Å². The molecule has 0 atom stereocenters. The highest BCUT2D eigenvalue weighted by atomic mass is 14.8. The fourth-order valence-electron chi connectivity index (χ4n) is 3.57. The average Bonchev–Trinajstić information content (AvgIpc) is 3.74. The van der Waals surface area contributed by atoms with Crippen LogP contribution < -0.4 is 0 Å². The zero-order valence-corrected chi connectivity index (χ0v) is 19.5. The minimum Gasteiger partial charge on any atom is -0.355 e. The van der Waals surface area contributed by atoms with Crippen molar-refractivity contribution in [2.75, 3.05) is 0 Å². The van der Waals surface area contributed by atoms with Crippen LogP contribution in [0, 0.1) is 0 Å². The van der Waals surface area contributed by atoms with Crippen molar-refractivity contribution >= 4 is 46.4 Å². The summed E-state index contributed by atoms with van der Waals surface area (Å²) in [4.78, 5) is 23.6. The quantitative estimate of drug-likeness (QED) is 0.256. The first kappa shape index (κ1) is 22.7. The number of aromatic nitrogens is 6. The predicted molar refractivity (Wildman–Crippen MR) is 147 cm³/mol. The van der Waals surface area contributed by atoms with Gasteiger partial charge in [0.25, 0.3) is 0 Å². The first-order valence-electron chi connectivity index (χ1n) is 11.5. The summed E-state index contributed by atoms with van der Waals surface area (Å²) in [7, 11) is 0. The van der Waals surface area contributed by atoms with E-state index in [0.29, 0.717) is 0 Å². The minimum atomic E-state index is 0.915. The number of nitrogens with one attached hydrogen (secondary N) is 2. The van der Waals surface area contributed by atoms with Gasteiger partial charge in [0.05, 0.1) is 22.8 Å². The van der Waals surface area contributed by atoms with E-state index in [2.05, 4.69) is 60.2 Å². The zero-order valence-electron chi connectivity index (χ0n) is 19.5. The molecular formula is C30H24N6. The van der Waals surface area contributed by atoms with Gasteiger partial charge in [-0.3, -0.25) is 9.97 Å². The molecule has 0 spiro atoms. The fraction of sp³-hybridized carbons (Fsp3) is 0. The van der Waals surface area contributed by atoms with Crippen LogP contribution in [0.1, 0.15) is 22.8 Å². The molecule has 7 heterocycles. The molecule has 5 aromatic heterocycles. The maximum Gasteiger partial charge on any atom is 0.0659 e. The molecular weight excluding hydrogens is 444 g/mol. The zero-order chi connectivity index (χ0) is 24.4. The van der Waals surface area contributed by atoms with Crippen LogP contribution in [-0.4, -0.2) is 29.9 Å². The van der Waals surface area contributed by atoms with Crippen LogP contribution in [-0.2, 0) is 0 Å². The van der Waals surface area contributed by atoms with Crippen molar-refractivity contribution in [3.63, 3.8) is 0 Å². The highest BCUT2D eigenvalue weighted by molar-refractivity contribution is 5.77. The molecule has 2 aliphatic heterocycles. The van der Waals surface area contributed by atoms with E-state index in [9.17, 15) is 0 Å². The van der Waals surface area contributed by atoms with E-state index in [0.717, 1.165) is 44.8 Å². The molecule has 0 saturated heterocycles. The number of rotatable bonds is 0. The van der Waals surface area contributed by atoms with Crippen LogP contribution in [0.3, 0.4) is 0 Å². The van der Waals surface area contributed by atoms with Crippen LogP contribution in [0.2, 0.25) is 0 Å². The molecule has 2 aliphatic rings. The maximum absolute atomic E-state index is 4.62. The van der Waals surface area contributed by atoms with E-state index in [1.807, 2.05) is 78.9 Å². The van der Waals surface area contributed by atoms with Crippen LogP contribution in [0.5, 0.6) is 0 Å². The van der Waals surface area contributed by atoms with Crippen molar-refractivity contribution in [2.24, 2.45) is 0 Å². The second-order valence-electron chi connectivity index (χ2n) is 7.95. The second-order valence-corrected chi connectivity index (χ2v) is 7.95. The lowest BCUT2D eigenvalue weighted by Crippen LogP contribution is -1.77. The molecule has 0 aliphatic carbocycles. The first-order valence-corrected chi connectivity index (χ1v) is 11.5. The van der Waals surface area contributed by atoms with Crippen LogP contribution in [0.25, 0.3) is 46.4 Å². The van der Waals surface area contributed by atoms with E-state index in [1.165, 1.54) is 0 Å². The van der Waals surface area contributed by atoms with Gasteiger partial charge in [-0.1, -0.05) is 12.1 Å². The molecule has 6 nitrogen and oxygen atoms in total. The Bertz CT molecular complexity index is 1460. The summed E-state index contributed by atoms with van der Waals surface area (Å²) < 4.78 is 0. The number of nitrogens with zero attached hydrogens (tertiary/aromatic N) is 4. The first-order chi connectivity index (χ1) is 17.8. The molecule has 2 N–H and O–H groups in total. The molecule has 0 saturated carbocycles. The number of H-pyrrole nitrogens is 2. The van der Waals surface area contributed by atoms with Gasteiger partial charge in [0.15, 0.2) is 0 Å². The van der Waals surface area contributed by atoms with Crippen molar-refractivity contribution < 1.29 is 0 Å². The second kappa shape index (κ2) is 11.4. The van der Waals surface area contributed by atoms with Crippen LogP contribution in [0.15, 0.2) is 110 Å². The minimum absolute atomic E-state index is 0.915. The summed E-state index contributed by atoms with van der Waals surface area (Å²) in [5.41, 5.74) is 7.86. The Kier molecular flexibility index (Phi) is 7.15. The van der Waals surface area contributed by atoms with Crippen LogP contribution >= 0.6 is 0 Å². The molecule has 0 amide bonds. The normalized spacial score (nSPS) is 11.1. The molecule has 0 aromatic carbocycles. The molecule has 0 radical (unpaired) electrons. The monoisotopic (exact) mass is 468 g/mol. The summed E-state index contributed by atoms with van der Waals surface area (Å²) in [6, 6.07) is 27.8. The Morgan fingerprint density at radius 1 is 0.389 bits per heavy atom. The average molecular weight is 469 g/mol. The molecule has 36 heavy (non-hydrogen) atoms. The van der Waals surface area contributed by atoms with Gasteiger partial charge >= 0.3 is 0 Å². The van der Waals surface area contributed by atoms with Gasteiger partial charge < -0.3 is 9.97 Å². The van der Waals surface area contributed by atoms with Gasteiger partial charge in [0, 0.05) is 46.9 Å². The van der Waals surface area contributed by atoms with Crippen molar-refractivity contribution in [2.45, 2.75) is 0 Å². The van der Waals surface area contributed by atoms with Gasteiger partial charge in [-0.25, -0.2) is 9.97 Å². The van der Waals surface area contributed by atoms with Gasteiger partial charge in [-0.05, 0) is 97.1 Å². The van der Waals surface area contributed by atoms with Gasteiger partial charge in [-0.15, -0.1) is 0 Å². The Morgan fingerprint density at radius 2 is 0.750 bits per heavy atom. The maximum atomic E-state index is 4.62. The molecule has 0 unspecified atom stereocenters. The van der Waals surface area contributed by atoms with Crippen molar-refractivity contribution in [1.29, 1.82) is 0 Å². The highest BCUT2D eigenvalue weighted by Crippen LogP contribution is 2.17. The molecule has 7 rings (SSSR count). The molecule has 8 bridgehead atoms. The van der Waals surface area contributed by atoms with Crippen molar-refractivity contribution in [1.82, 2.24) is 29.9 Å².